The number of aliphatic carboxylic acids is 1. The van der Waals surface area contributed by atoms with Crippen LogP contribution in [0, 0.1) is 6.57 Å². The lowest BCUT2D eigenvalue weighted by Crippen LogP contribution is -2.12. The van der Waals surface area contributed by atoms with E-state index in [9.17, 15) is 4.79 Å². The van der Waals surface area contributed by atoms with Gasteiger partial charge in [0.25, 0.3) is 5.70 Å². The lowest BCUT2D eigenvalue weighted by molar-refractivity contribution is -0.132. The smallest absolute Gasteiger partial charge is 0.333 e. The minimum Gasteiger partial charge on any atom is -0.486 e. The molecule has 0 aliphatic heterocycles. The Morgan fingerprint density at radius 3 is 1.34 bits per heavy atom. The van der Waals surface area contributed by atoms with E-state index in [0.717, 1.165) is 39.7 Å². The average Bonchev–Trinajstić information content (AvgIpc) is 3.55. The Kier molecular flexibility index (Phi) is 8.02. The molecule has 0 aliphatic rings. The van der Waals surface area contributed by atoms with Gasteiger partial charge in [-0.15, -0.1) is 0 Å². The summed E-state index contributed by atoms with van der Waals surface area (Å²) in [6.07, 6.45) is 1.23. The Balaban J connectivity index is 1.33. The van der Waals surface area contributed by atoms with Crippen molar-refractivity contribution in [3.8, 4) is 11.3 Å². The Morgan fingerprint density at radius 2 is 0.955 bits per heavy atom. The predicted molar refractivity (Wildman–Crippen MR) is 176 cm³/mol. The van der Waals surface area contributed by atoms with Gasteiger partial charge in [0.1, 0.15) is 11.5 Å². The first-order valence-corrected chi connectivity index (χ1v) is 14.0. The van der Waals surface area contributed by atoms with Gasteiger partial charge in [-0.25, -0.2) is 4.85 Å². The fourth-order valence-corrected chi connectivity index (χ4v) is 5.01. The van der Waals surface area contributed by atoms with Crippen molar-refractivity contribution >= 4 is 46.2 Å². The molecule has 0 saturated carbocycles. The topological polar surface area (TPSA) is 61.3 Å². The Bertz CT molecular complexity index is 1890. The first kappa shape index (κ1) is 27.8. The summed E-state index contributed by atoms with van der Waals surface area (Å²) in [5, 5.41) is 9.14. The molecule has 6 aromatic rings. The minimum absolute atomic E-state index is 0.309. The zero-order valence-corrected chi connectivity index (χ0v) is 23.6. The minimum atomic E-state index is -1.29. The van der Waals surface area contributed by atoms with Gasteiger partial charge in [0.05, 0.1) is 6.57 Å². The Morgan fingerprint density at radius 1 is 0.568 bits per heavy atom. The molecule has 0 radical (unpaired) electrons. The predicted octanol–water partition coefficient (Wildman–Crippen LogP) is 10.2. The number of nitrogens with zero attached hydrogens (tertiary/aromatic N) is 3. The molecular formula is C38H27N3O3. The van der Waals surface area contributed by atoms with Crippen LogP contribution in [0.25, 0.3) is 22.2 Å². The van der Waals surface area contributed by atoms with Crippen LogP contribution < -0.4 is 9.80 Å². The molecule has 0 saturated heterocycles. The zero-order chi connectivity index (χ0) is 30.3. The number of carbonyl (C=O) groups is 1. The molecule has 212 valence electrons. The van der Waals surface area contributed by atoms with E-state index < -0.39 is 11.7 Å². The third kappa shape index (κ3) is 5.98. The number of para-hydroxylation sites is 3. The molecule has 1 N–H and O–H groups in total. The van der Waals surface area contributed by atoms with E-state index in [-0.39, 0.29) is 0 Å². The molecule has 0 spiro atoms. The van der Waals surface area contributed by atoms with Crippen molar-refractivity contribution in [2.24, 2.45) is 0 Å². The van der Waals surface area contributed by atoms with Crippen LogP contribution >= 0.6 is 0 Å². The third-order valence-corrected chi connectivity index (χ3v) is 7.06. The lowest BCUT2D eigenvalue weighted by atomic mass is 10.1. The zero-order valence-electron chi connectivity index (χ0n) is 23.6. The molecule has 0 aliphatic carbocycles. The summed E-state index contributed by atoms with van der Waals surface area (Å²) in [5.41, 5.74) is 6.60. The molecule has 6 rings (SSSR count). The fraction of sp³-hybridized carbons (Fsp3) is 0. The fourth-order valence-electron chi connectivity index (χ4n) is 5.01. The van der Waals surface area contributed by atoms with Gasteiger partial charge >= 0.3 is 5.97 Å². The summed E-state index contributed by atoms with van der Waals surface area (Å²) in [7, 11) is 0. The number of hydrogen-bond acceptors (Lipinski definition) is 4. The van der Waals surface area contributed by atoms with Crippen LogP contribution in [-0.4, -0.2) is 11.1 Å². The van der Waals surface area contributed by atoms with Crippen molar-refractivity contribution in [1.29, 1.82) is 0 Å². The van der Waals surface area contributed by atoms with E-state index in [1.165, 1.54) is 6.08 Å². The van der Waals surface area contributed by atoms with E-state index in [2.05, 4.69) is 75.3 Å². The quantitative estimate of drug-likeness (QED) is 0.138. The number of benzene rings is 5. The van der Waals surface area contributed by atoms with Crippen molar-refractivity contribution in [2.45, 2.75) is 0 Å². The van der Waals surface area contributed by atoms with Crippen LogP contribution in [0.15, 0.2) is 162 Å². The van der Waals surface area contributed by atoms with Gasteiger partial charge in [0.2, 0.25) is 0 Å². The number of furan rings is 1. The summed E-state index contributed by atoms with van der Waals surface area (Å²) in [5.74, 6) is -0.400. The Hall–Kier alpha value is -6.32. The molecule has 44 heavy (non-hydrogen) atoms. The van der Waals surface area contributed by atoms with Crippen LogP contribution in [-0.2, 0) is 4.79 Å². The molecule has 0 bridgehead atoms. The molecule has 0 unspecified atom stereocenters. The first-order chi connectivity index (χ1) is 21.6. The molecule has 0 atom stereocenters. The van der Waals surface area contributed by atoms with Gasteiger partial charge < -0.3 is 19.3 Å². The number of rotatable bonds is 9. The molecule has 5 aromatic carbocycles. The molecule has 0 amide bonds. The molecule has 6 heteroatoms. The van der Waals surface area contributed by atoms with Crippen LogP contribution in [0.2, 0.25) is 0 Å². The summed E-state index contributed by atoms with van der Waals surface area (Å²) in [6, 6.07) is 50.7. The molecule has 0 fully saturated rings. The average molecular weight is 574 g/mol. The van der Waals surface area contributed by atoms with Crippen LogP contribution in [0.4, 0.5) is 34.1 Å². The molecule has 1 aromatic heterocycles. The van der Waals surface area contributed by atoms with E-state index in [1.807, 2.05) is 78.9 Å². The summed E-state index contributed by atoms with van der Waals surface area (Å²) >= 11 is 0. The van der Waals surface area contributed by atoms with Gasteiger partial charge in [-0.1, -0.05) is 54.6 Å². The van der Waals surface area contributed by atoms with Gasteiger partial charge in [0.15, 0.2) is 0 Å². The largest absolute Gasteiger partial charge is 0.486 e. The number of anilines is 6. The number of carboxylic acid groups (broad SMARTS) is 1. The maximum Gasteiger partial charge on any atom is 0.333 e. The third-order valence-electron chi connectivity index (χ3n) is 7.06. The van der Waals surface area contributed by atoms with Crippen molar-refractivity contribution in [1.82, 2.24) is 0 Å². The number of carboxylic acids is 1. The van der Waals surface area contributed by atoms with E-state index >= 15 is 0 Å². The lowest BCUT2D eigenvalue weighted by Gasteiger charge is -2.28. The first-order valence-electron chi connectivity index (χ1n) is 14.0. The monoisotopic (exact) mass is 573 g/mol. The summed E-state index contributed by atoms with van der Waals surface area (Å²) < 4.78 is 5.83. The molecular weight excluding hydrogens is 546 g/mol. The number of hydrogen-bond donors (Lipinski definition) is 1. The van der Waals surface area contributed by atoms with Crippen LogP contribution in [0.5, 0.6) is 0 Å². The van der Waals surface area contributed by atoms with E-state index in [0.29, 0.717) is 11.5 Å². The van der Waals surface area contributed by atoms with Crippen molar-refractivity contribution in [3.05, 3.63) is 175 Å². The van der Waals surface area contributed by atoms with E-state index in [1.54, 1.807) is 12.1 Å². The maximum atomic E-state index is 11.2. The second kappa shape index (κ2) is 12.7. The Labute approximate surface area is 255 Å². The highest BCUT2D eigenvalue weighted by atomic mass is 16.4. The van der Waals surface area contributed by atoms with E-state index in [4.69, 9.17) is 16.1 Å². The second-order valence-electron chi connectivity index (χ2n) is 9.89. The highest BCUT2D eigenvalue weighted by molar-refractivity contribution is 5.93. The normalized spacial score (nSPS) is 11.0. The van der Waals surface area contributed by atoms with Crippen molar-refractivity contribution in [3.63, 3.8) is 0 Å². The second-order valence-corrected chi connectivity index (χ2v) is 9.89. The standard InChI is InChI=1S/C38H27N3O3/c1-39-36(38(42)43)27-35-25-26-37(44-35)28-17-19-32(20-18-28)41(31-15-9-4-10-16-31)34-23-21-33(22-24-34)40(29-11-5-2-6-12-29)30-13-7-3-8-14-30/h2-27H,(H,42,43)/b36-27-. The van der Waals surface area contributed by atoms with Crippen LogP contribution in [0.3, 0.4) is 0 Å². The van der Waals surface area contributed by atoms with Gasteiger partial charge in [0, 0.05) is 39.7 Å². The van der Waals surface area contributed by atoms with Gasteiger partial charge in [-0.05, 0) is 103 Å². The van der Waals surface area contributed by atoms with Gasteiger partial charge in [-0.2, -0.15) is 0 Å². The highest BCUT2D eigenvalue weighted by Crippen LogP contribution is 2.39. The highest BCUT2D eigenvalue weighted by Gasteiger charge is 2.16. The molecule has 1 heterocycles. The summed E-state index contributed by atoms with van der Waals surface area (Å²) in [6.45, 7) is 7.05. The van der Waals surface area contributed by atoms with Crippen molar-refractivity contribution < 1.29 is 14.3 Å². The summed E-state index contributed by atoms with van der Waals surface area (Å²) in [4.78, 5) is 18.7. The van der Waals surface area contributed by atoms with Gasteiger partial charge in [-0.3, -0.25) is 4.79 Å². The van der Waals surface area contributed by atoms with Crippen LogP contribution in [0.1, 0.15) is 5.76 Å². The maximum absolute atomic E-state index is 11.2. The molecule has 6 nitrogen and oxygen atoms in total. The SMILES string of the molecule is [C-]#[N+]/C(=C\c1ccc(-c2ccc(N(c3ccccc3)c3ccc(N(c4ccccc4)c4ccccc4)cc3)cc2)o1)C(=O)O. The van der Waals surface area contributed by atoms with Crippen molar-refractivity contribution in [2.75, 3.05) is 9.80 Å².